The van der Waals surface area contributed by atoms with Crippen LogP contribution in [0.4, 0.5) is 13.2 Å². The molecule has 122 valence electrons. The van der Waals surface area contributed by atoms with Gasteiger partial charge in [0.25, 0.3) is 5.91 Å². The van der Waals surface area contributed by atoms with Gasteiger partial charge in [-0.1, -0.05) is 17.7 Å². The maximum Gasteiger partial charge on any atom is 0.573 e. The summed E-state index contributed by atoms with van der Waals surface area (Å²) in [5.41, 5.74) is 0.528. The standard InChI is InChI=1S/C15H11ClF3NO3/c1-20-14(22)11-6-8(2-4-12(11)16)10-7-9(3-5-13(10)21)23-15(17,18)19/h2-7,21H,1H3,(H,20,22). The summed E-state index contributed by atoms with van der Waals surface area (Å²) >= 11 is 5.92. The normalized spacial score (nSPS) is 11.2. The number of amides is 1. The van der Waals surface area contributed by atoms with Crippen LogP contribution < -0.4 is 10.1 Å². The lowest BCUT2D eigenvalue weighted by molar-refractivity contribution is -0.274. The van der Waals surface area contributed by atoms with E-state index in [0.29, 0.717) is 5.56 Å². The lowest BCUT2D eigenvalue weighted by atomic mass is 10.0. The third kappa shape index (κ3) is 4.07. The van der Waals surface area contributed by atoms with Gasteiger partial charge in [0, 0.05) is 12.6 Å². The zero-order chi connectivity index (χ0) is 17.2. The summed E-state index contributed by atoms with van der Waals surface area (Å²) < 4.78 is 40.7. The number of carbonyl (C=O) groups is 1. The molecule has 0 atom stereocenters. The minimum atomic E-state index is -4.85. The molecule has 2 rings (SSSR count). The van der Waals surface area contributed by atoms with Crippen molar-refractivity contribution in [3.05, 3.63) is 47.0 Å². The third-order valence-electron chi connectivity index (χ3n) is 2.95. The molecule has 0 aliphatic rings. The number of benzene rings is 2. The highest BCUT2D eigenvalue weighted by atomic mass is 35.5. The summed E-state index contributed by atoms with van der Waals surface area (Å²) in [7, 11) is 1.42. The number of alkyl halides is 3. The number of hydrogen-bond donors (Lipinski definition) is 2. The van der Waals surface area contributed by atoms with E-state index in [1.807, 2.05) is 0 Å². The Morgan fingerprint density at radius 3 is 2.52 bits per heavy atom. The Bertz CT molecular complexity index is 747. The summed E-state index contributed by atoms with van der Waals surface area (Å²) in [5.74, 6) is -1.20. The van der Waals surface area contributed by atoms with Crippen molar-refractivity contribution in [3.8, 4) is 22.6 Å². The largest absolute Gasteiger partial charge is 0.573 e. The molecule has 0 heterocycles. The van der Waals surface area contributed by atoms with Gasteiger partial charge in [0.1, 0.15) is 11.5 Å². The van der Waals surface area contributed by atoms with E-state index in [1.165, 1.54) is 25.2 Å². The van der Waals surface area contributed by atoms with Gasteiger partial charge in [0.2, 0.25) is 0 Å². The smallest absolute Gasteiger partial charge is 0.507 e. The maximum atomic E-state index is 12.3. The lowest BCUT2D eigenvalue weighted by Gasteiger charge is -2.12. The molecule has 0 bridgehead atoms. The SMILES string of the molecule is CNC(=O)c1cc(-c2cc(OC(F)(F)F)ccc2O)ccc1Cl. The molecule has 2 aromatic carbocycles. The van der Waals surface area contributed by atoms with Crippen LogP contribution in [0.3, 0.4) is 0 Å². The summed E-state index contributed by atoms with van der Waals surface area (Å²) in [5, 5.41) is 12.4. The van der Waals surface area contributed by atoms with Crippen LogP contribution in [-0.2, 0) is 0 Å². The molecule has 4 nitrogen and oxygen atoms in total. The van der Waals surface area contributed by atoms with Crippen LogP contribution in [0, 0.1) is 0 Å². The van der Waals surface area contributed by atoms with E-state index in [4.69, 9.17) is 11.6 Å². The van der Waals surface area contributed by atoms with Crippen molar-refractivity contribution in [2.24, 2.45) is 0 Å². The fraction of sp³-hybridized carbons (Fsp3) is 0.133. The average Bonchev–Trinajstić information content (AvgIpc) is 2.47. The Labute approximate surface area is 134 Å². The highest BCUT2D eigenvalue weighted by Gasteiger charge is 2.31. The first-order chi connectivity index (χ1) is 10.7. The van der Waals surface area contributed by atoms with Crippen molar-refractivity contribution < 1.29 is 27.8 Å². The van der Waals surface area contributed by atoms with Crippen molar-refractivity contribution in [2.45, 2.75) is 6.36 Å². The van der Waals surface area contributed by atoms with Crippen LogP contribution in [0.25, 0.3) is 11.1 Å². The van der Waals surface area contributed by atoms with Crippen molar-refractivity contribution in [1.29, 1.82) is 0 Å². The van der Waals surface area contributed by atoms with Gasteiger partial charge in [-0.25, -0.2) is 0 Å². The van der Waals surface area contributed by atoms with Gasteiger partial charge in [0.05, 0.1) is 10.6 Å². The number of ether oxygens (including phenoxy) is 1. The van der Waals surface area contributed by atoms with Crippen LogP contribution >= 0.6 is 11.6 Å². The summed E-state index contributed by atoms with van der Waals surface area (Å²) in [6.45, 7) is 0. The first-order valence-corrected chi connectivity index (χ1v) is 6.70. The topological polar surface area (TPSA) is 58.6 Å². The number of phenols is 1. The molecule has 0 spiro atoms. The number of rotatable bonds is 3. The predicted octanol–water partition coefficient (Wildman–Crippen LogP) is 3.97. The monoisotopic (exact) mass is 345 g/mol. The zero-order valence-electron chi connectivity index (χ0n) is 11.7. The highest BCUT2D eigenvalue weighted by molar-refractivity contribution is 6.34. The van der Waals surface area contributed by atoms with Gasteiger partial charge >= 0.3 is 6.36 Å². The Balaban J connectivity index is 2.49. The number of aromatic hydroxyl groups is 1. The van der Waals surface area contributed by atoms with E-state index >= 15 is 0 Å². The molecule has 0 saturated carbocycles. The van der Waals surface area contributed by atoms with E-state index in [1.54, 1.807) is 0 Å². The molecule has 23 heavy (non-hydrogen) atoms. The quantitative estimate of drug-likeness (QED) is 0.885. The van der Waals surface area contributed by atoms with Crippen LogP contribution in [0.1, 0.15) is 10.4 Å². The highest BCUT2D eigenvalue weighted by Crippen LogP contribution is 2.35. The summed E-state index contributed by atoms with van der Waals surface area (Å²) in [4.78, 5) is 11.7. The van der Waals surface area contributed by atoms with Gasteiger partial charge in [-0.3, -0.25) is 4.79 Å². The first kappa shape index (κ1) is 17.0. The Kier molecular flexibility index (Phi) is 4.70. The Hall–Kier alpha value is -2.41. The van der Waals surface area contributed by atoms with Gasteiger partial charge in [-0.15, -0.1) is 13.2 Å². The number of phenolic OH excluding ortho intramolecular Hbond substituents is 1. The van der Waals surface area contributed by atoms with Crippen molar-refractivity contribution in [2.75, 3.05) is 7.05 Å². The molecule has 8 heteroatoms. The van der Waals surface area contributed by atoms with Crippen LogP contribution in [0.2, 0.25) is 5.02 Å². The number of halogens is 4. The molecule has 1 amide bonds. The van der Waals surface area contributed by atoms with E-state index in [-0.39, 0.29) is 21.9 Å². The zero-order valence-corrected chi connectivity index (χ0v) is 12.5. The molecule has 0 aromatic heterocycles. The lowest BCUT2D eigenvalue weighted by Crippen LogP contribution is -2.18. The minimum absolute atomic E-state index is 0.0774. The molecule has 0 aliphatic heterocycles. The molecule has 0 aliphatic carbocycles. The fourth-order valence-corrected chi connectivity index (χ4v) is 2.15. The fourth-order valence-electron chi connectivity index (χ4n) is 1.94. The van der Waals surface area contributed by atoms with Crippen molar-refractivity contribution >= 4 is 17.5 Å². The van der Waals surface area contributed by atoms with Crippen LogP contribution in [-0.4, -0.2) is 24.4 Å². The molecule has 0 fully saturated rings. The summed E-state index contributed by atoms with van der Waals surface area (Å²) in [6.07, 6.45) is -4.85. The van der Waals surface area contributed by atoms with Crippen molar-refractivity contribution in [3.63, 3.8) is 0 Å². The second-order valence-corrected chi connectivity index (χ2v) is 4.91. The van der Waals surface area contributed by atoms with E-state index < -0.39 is 18.0 Å². The number of hydrogen-bond acceptors (Lipinski definition) is 3. The Morgan fingerprint density at radius 1 is 1.22 bits per heavy atom. The molecular weight excluding hydrogens is 335 g/mol. The van der Waals surface area contributed by atoms with Gasteiger partial charge in [-0.2, -0.15) is 0 Å². The maximum absolute atomic E-state index is 12.3. The predicted molar refractivity (Wildman–Crippen MR) is 78.6 cm³/mol. The van der Waals surface area contributed by atoms with Gasteiger partial charge in [-0.05, 0) is 35.9 Å². The second-order valence-electron chi connectivity index (χ2n) is 4.50. The van der Waals surface area contributed by atoms with E-state index in [2.05, 4.69) is 10.1 Å². The van der Waals surface area contributed by atoms with Crippen LogP contribution in [0.5, 0.6) is 11.5 Å². The molecule has 2 aromatic rings. The molecule has 0 saturated heterocycles. The molecular formula is C15H11ClF3NO3. The third-order valence-corrected chi connectivity index (χ3v) is 3.28. The molecule has 0 radical (unpaired) electrons. The first-order valence-electron chi connectivity index (χ1n) is 6.32. The van der Waals surface area contributed by atoms with E-state index in [0.717, 1.165) is 18.2 Å². The number of carbonyl (C=O) groups excluding carboxylic acids is 1. The Morgan fingerprint density at radius 2 is 1.91 bits per heavy atom. The number of nitrogens with one attached hydrogen (secondary N) is 1. The summed E-state index contributed by atoms with van der Waals surface area (Å²) in [6, 6.07) is 7.35. The molecule has 0 unspecified atom stereocenters. The minimum Gasteiger partial charge on any atom is -0.507 e. The van der Waals surface area contributed by atoms with Crippen molar-refractivity contribution in [1.82, 2.24) is 5.32 Å². The average molecular weight is 346 g/mol. The van der Waals surface area contributed by atoms with Gasteiger partial charge in [0.15, 0.2) is 0 Å². The molecule has 2 N–H and O–H groups in total. The second kappa shape index (κ2) is 6.37. The van der Waals surface area contributed by atoms with E-state index in [9.17, 15) is 23.1 Å². The van der Waals surface area contributed by atoms with Crippen LogP contribution in [0.15, 0.2) is 36.4 Å². The van der Waals surface area contributed by atoms with Gasteiger partial charge < -0.3 is 15.2 Å².